The average Bonchev–Trinajstić information content (AvgIpc) is 3.47. The molecular formula is C35H48F2N2O2. The number of ketones is 1. The molecule has 4 nitrogen and oxygen atoms in total. The topological polar surface area (TPSA) is 55.0 Å². The van der Waals surface area contributed by atoms with Crippen molar-refractivity contribution in [3.05, 3.63) is 76.9 Å². The first-order chi connectivity index (χ1) is 19.9. The summed E-state index contributed by atoms with van der Waals surface area (Å²) in [6, 6.07) is 10.9. The number of nitrogens with one attached hydrogen (secondary N) is 1. The lowest BCUT2D eigenvalue weighted by atomic mass is 9.82. The molecular weight excluding hydrogens is 518 g/mol. The van der Waals surface area contributed by atoms with Crippen molar-refractivity contribution in [2.45, 2.75) is 92.9 Å². The maximum absolute atomic E-state index is 13.8. The minimum absolute atomic E-state index is 0.0460. The smallest absolute Gasteiger partial charge is 0.169 e. The molecule has 0 bridgehead atoms. The number of fused-ring (bicyclic) bond motifs is 1. The van der Waals surface area contributed by atoms with Crippen LogP contribution in [0.2, 0.25) is 0 Å². The zero-order valence-corrected chi connectivity index (χ0v) is 25.9. The van der Waals surface area contributed by atoms with E-state index in [9.17, 15) is 13.6 Å². The fourth-order valence-corrected chi connectivity index (χ4v) is 4.92. The Morgan fingerprint density at radius 1 is 1.15 bits per heavy atom. The summed E-state index contributed by atoms with van der Waals surface area (Å²) in [5, 5.41) is 7.40. The van der Waals surface area contributed by atoms with Crippen LogP contribution in [0, 0.1) is 11.7 Å². The largest absolute Gasteiger partial charge is 0.493 e. The first-order valence-electron chi connectivity index (χ1n) is 15.2. The molecule has 0 radical (unpaired) electrons. The lowest BCUT2D eigenvalue weighted by Gasteiger charge is -2.26. The molecule has 2 aromatic carbocycles. The quantitative estimate of drug-likeness (QED) is 0.249. The fraction of sp³-hybridized carbons (Fsp3) is 0.486. The van der Waals surface area contributed by atoms with Crippen LogP contribution in [0.3, 0.4) is 0 Å². The molecule has 224 valence electrons. The van der Waals surface area contributed by atoms with Crippen LogP contribution < -0.4 is 4.74 Å². The number of hydrogen-bond acceptors (Lipinski definition) is 3. The number of carbonyl (C=O) groups excluding carboxylic acids is 1. The molecule has 6 heteroatoms. The van der Waals surface area contributed by atoms with Crippen molar-refractivity contribution in [1.82, 2.24) is 10.2 Å². The molecule has 3 aromatic rings. The second kappa shape index (κ2) is 17.5. The van der Waals surface area contributed by atoms with Crippen LogP contribution in [0.1, 0.15) is 102 Å². The van der Waals surface area contributed by atoms with Gasteiger partial charge in [0.15, 0.2) is 5.78 Å². The number of H-pyrrole nitrogens is 1. The fourth-order valence-electron chi connectivity index (χ4n) is 4.92. The Balaban J connectivity index is 0.000000759. The molecule has 1 aliphatic rings. The molecule has 0 saturated carbocycles. The molecule has 0 spiro atoms. The number of aryl methyl sites for hydroxylation is 1. The number of halogens is 2. The number of Topliss-reactive ketones (excluding diaryl/α,β-unsaturated/α-hetero) is 1. The highest BCUT2D eigenvalue weighted by molar-refractivity contribution is 6.22. The molecule has 2 atom stereocenters. The SMILES string of the molecule is C/C=C(/C(=O)C1COc2ccc(F)cc2C1)c1ccc(-c2cn[nH]c2CCC)cc1C(C)CC.CC.CCCCF. The number of aromatic nitrogens is 2. The average molecular weight is 567 g/mol. The van der Waals surface area contributed by atoms with E-state index < -0.39 is 0 Å². The summed E-state index contributed by atoms with van der Waals surface area (Å²) in [7, 11) is 0. The van der Waals surface area contributed by atoms with Crippen molar-refractivity contribution < 1.29 is 18.3 Å². The third kappa shape index (κ3) is 8.85. The van der Waals surface area contributed by atoms with Crippen LogP contribution in [-0.2, 0) is 17.6 Å². The van der Waals surface area contributed by atoms with Gasteiger partial charge in [0.25, 0.3) is 0 Å². The predicted molar refractivity (Wildman–Crippen MR) is 167 cm³/mol. The summed E-state index contributed by atoms with van der Waals surface area (Å²) in [5.41, 5.74) is 6.95. The molecule has 1 N–H and O–H groups in total. The highest BCUT2D eigenvalue weighted by atomic mass is 19.1. The van der Waals surface area contributed by atoms with Crippen molar-refractivity contribution in [1.29, 1.82) is 0 Å². The van der Waals surface area contributed by atoms with E-state index >= 15 is 0 Å². The number of ether oxygens (including phenoxy) is 1. The third-order valence-electron chi connectivity index (χ3n) is 7.36. The summed E-state index contributed by atoms with van der Waals surface area (Å²) in [5.74, 6) is 0.356. The summed E-state index contributed by atoms with van der Waals surface area (Å²) in [4.78, 5) is 13.7. The minimum atomic E-state index is -0.338. The van der Waals surface area contributed by atoms with Gasteiger partial charge in [-0.15, -0.1) is 0 Å². The van der Waals surface area contributed by atoms with Gasteiger partial charge in [-0.25, -0.2) is 4.39 Å². The number of aromatic amines is 1. The second-order valence-corrected chi connectivity index (χ2v) is 10.2. The van der Waals surface area contributed by atoms with Gasteiger partial charge >= 0.3 is 0 Å². The Labute approximate surface area is 245 Å². The van der Waals surface area contributed by atoms with E-state index in [4.69, 9.17) is 4.74 Å². The second-order valence-electron chi connectivity index (χ2n) is 10.2. The van der Waals surface area contributed by atoms with Crippen molar-refractivity contribution in [3.63, 3.8) is 0 Å². The molecule has 2 unspecified atom stereocenters. The molecule has 1 aliphatic heterocycles. The lowest BCUT2D eigenvalue weighted by molar-refractivity contribution is -0.118. The van der Waals surface area contributed by atoms with Gasteiger partial charge in [0.2, 0.25) is 0 Å². The summed E-state index contributed by atoms with van der Waals surface area (Å²) >= 11 is 0. The van der Waals surface area contributed by atoms with Crippen LogP contribution in [0.25, 0.3) is 16.7 Å². The molecule has 0 saturated heterocycles. The van der Waals surface area contributed by atoms with Crippen LogP contribution >= 0.6 is 0 Å². The van der Waals surface area contributed by atoms with Gasteiger partial charge in [-0.3, -0.25) is 14.3 Å². The van der Waals surface area contributed by atoms with Gasteiger partial charge < -0.3 is 4.74 Å². The Hall–Kier alpha value is -3.28. The Morgan fingerprint density at radius 3 is 2.51 bits per heavy atom. The molecule has 0 fully saturated rings. The zero-order chi connectivity index (χ0) is 30.4. The third-order valence-corrected chi connectivity index (χ3v) is 7.36. The number of unbranched alkanes of at least 4 members (excludes halogenated alkanes) is 1. The summed E-state index contributed by atoms with van der Waals surface area (Å²) in [6.45, 7) is 14.6. The maximum Gasteiger partial charge on any atom is 0.169 e. The minimum Gasteiger partial charge on any atom is -0.493 e. The van der Waals surface area contributed by atoms with E-state index in [0.29, 0.717) is 24.4 Å². The van der Waals surface area contributed by atoms with E-state index in [2.05, 4.69) is 49.2 Å². The van der Waals surface area contributed by atoms with Crippen LogP contribution in [-0.4, -0.2) is 29.3 Å². The number of carbonyl (C=O) groups is 1. The monoisotopic (exact) mass is 566 g/mol. The Kier molecular flexibility index (Phi) is 14.5. The van der Waals surface area contributed by atoms with Gasteiger partial charge in [-0.2, -0.15) is 5.10 Å². The lowest BCUT2D eigenvalue weighted by Crippen LogP contribution is -2.29. The standard InChI is InChI=1S/C29H33FN2O2.C4H9F.C2H6/c1-5-8-27-26(16-31-32-27)19-9-11-24(25(15-19)18(4)6-2)23(7-3)29(33)21-13-20-14-22(30)10-12-28(20)34-17-21;1-2-3-4-5;1-2/h7,9-12,14-16,18,21H,5-6,8,13,17H2,1-4H3,(H,31,32);2-4H2,1H3;1-2H3/b23-7+;;. The molecule has 0 aliphatic carbocycles. The van der Waals surface area contributed by atoms with Crippen LogP contribution in [0.5, 0.6) is 5.75 Å². The number of alkyl halides is 1. The van der Waals surface area contributed by atoms with Crippen molar-refractivity contribution in [3.8, 4) is 16.9 Å². The summed E-state index contributed by atoms with van der Waals surface area (Å²) < 4.78 is 30.6. The van der Waals surface area contributed by atoms with Gasteiger partial charge in [0.05, 0.1) is 25.4 Å². The number of rotatable bonds is 10. The first kappa shape index (κ1) is 33.9. The molecule has 2 heterocycles. The highest BCUT2D eigenvalue weighted by Crippen LogP contribution is 2.36. The van der Waals surface area contributed by atoms with Crippen molar-refractivity contribution in [2.24, 2.45) is 5.92 Å². The van der Waals surface area contributed by atoms with E-state index in [-0.39, 0.29) is 30.1 Å². The van der Waals surface area contributed by atoms with E-state index in [1.54, 1.807) is 6.07 Å². The van der Waals surface area contributed by atoms with Gasteiger partial charge in [-0.1, -0.05) is 78.7 Å². The van der Waals surface area contributed by atoms with Gasteiger partial charge in [-0.05, 0) is 79.0 Å². The number of benzene rings is 2. The first-order valence-corrected chi connectivity index (χ1v) is 15.2. The van der Waals surface area contributed by atoms with E-state index in [1.807, 2.05) is 40.0 Å². The maximum atomic E-state index is 13.8. The Morgan fingerprint density at radius 2 is 1.90 bits per heavy atom. The normalized spacial score (nSPS) is 15.0. The molecule has 41 heavy (non-hydrogen) atoms. The van der Waals surface area contributed by atoms with Crippen molar-refractivity contribution >= 4 is 11.4 Å². The van der Waals surface area contributed by atoms with Crippen LogP contribution in [0.4, 0.5) is 8.78 Å². The van der Waals surface area contributed by atoms with Gasteiger partial charge in [0.1, 0.15) is 11.6 Å². The van der Waals surface area contributed by atoms with Gasteiger partial charge in [0, 0.05) is 16.8 Å². The molecule has 4 rings (SSSR count). The molecule has 1 aromatic heterocycles. The number of hydrogen-bond donors (Lipinski definition) is 1. The highest BCUT2D eigenvalue weighted by Gasteiger charge is 2.30. The van der Waals surface area contributed by atoms with E-state index in [1.165, 1.54) is 12.1 Å². The summed E-state index contributed by atoms with van der Waals surface area (Å²) in [6.07, 6.45) is 8.92. The van der Waals surface area contributed by atoms with Crippen molar-refractivity contribution in [2.75, 3.05) is 13.3 Å². The van der Waals surface area contributed by atoms with E-state index in [0.717, 1.165) is 65.6 Å². The van der Waals surface area contributed by atoms with Crippen LogP contribution in [0.15, 0.2) is 48.7 Å². The Bertz CT molecular complexity index is 1260. The number of allylic oxidation sites excluding steroid dienone is 2. The molecule has 0 amide bonds. The number of nitrogens with zero attached hydrogens (tertiary/aromatic N) is 1. The zero-order valence-electron chi connectivity index (χ0n) is 25.9. The predicted octanol–water partition coefficient (Wildman–Crippen LogP) is 9.69.